The lowest BCUT2D eigenvalue weighted by atomic mass is 10.1. The van der Waals surface area contributed by atoms with Gasteiger partial charge in [-0.05, 0) is 46.7 Å². The van der Waals surface area contributed by atoms with E-state index in [1.807, 2.05) is 32.9 Å². The van der Waals surface area contributed by atoms with Gasteiger partial charge in [0, 0.05) is 18.6 Å². The Morgan fingerprint density at radius 1 is 1.29 bits per heavy atom. The van der Waals surface area contributed by atoms with Crippen LogP contribution in [-0.4, -0.2) is 9.78 Å². The molecule has 2 aromatic rings. The molecule has 0 N–H and O–H groups in total. The number of aryl methyl sites for hydroxylation is 3. The monoisotopic (exact) mass is 320 g/mol. The van der Waals surface area contributed by atoms with Crippen LogP contribution in [0.4, 0.5) is 0 Å². The van der Waals surface area contributed by atoms with E-state index in [1.165, 1.54) is 16.5 Å². The molecule has 1 aromatic carbocycles. The van der Waals surface area contributed by atoms with Crippen molar-refractivity contribution in [3.05, 3.63) is 29.5 Å². The molecule has 0 fully saturated rings. The SMILES string of the molecule is Cc1cc(C)c2nn(C)cc2c1.SI. The average Bonchev–Trinajstić information content (AvgIpc) is 2.49. The normalized spacial score (nSPS) is 9.79. The van der Waals surface area contributed by atoms with E-state index in [2.05, 4.69) is 47.1 Å². The molecule has 2 nitrogen and oxygen atoms in total. The van der Waals surface area contributed by atoms with Gasteiger partial charge in [0.2, 0.25) is 0 Å². The predicted octanol–water partition coefficient (Wildman–Crippen LogP) is 3.46. The number of halogens is 1. The summed E-state index contributed by atoms with van der Waals surface area (Å²) in [7, 11) is 5.45. The fourth-order valence-electron chi connectivity index (χ4n) is 1.62. The van der Waals surface area contributed by atoms with Crippen molar-refractivity contribution in [1.82, 2.24) is 9.78 Å². The zero-order valence-electron chi connectivity index (χ0n) is 8.45. The second kappa shape index (κ2) is 5.02. The van der Waals surface area contributed by atoms with Gasteiger partial charge in [0.05, 0.1) is 5.52 Å². The van der Waals surface area contributed by atoms with Crippen molar-refractivity contribution in [2.75, 3.05) is 0 Å². The van der Waals surface area contributed by atoms with Crippen molar-refractivity contribution in [1.29, 1.82) is 0 Å². The third kappa shape index (κ3) is 2.42. The van der Waals surface area contributed by atoms with Gasteiger partial charge < -0.3 is 0 Å². The van der Waals surface area contributed by atoms with Crippen LogP contribution in [0.15, 0.2) is 18.3 Å². The van der Waals surface area contributed by atoms with E-state index >= 15 is 0 Å². The summed E-state index contributed by atoms with van der Waals surface area (Å²) in [5.41, 5.74) is 3.67. The van der Waals surface area contributed by atoms with E-state index in [0.29, 0.717) is 0 Å². The third-order valence-corrected chi connectivity index (χ3v) is 2.06. The smallest absolute Gasteiger partial charge is 0.0952 e. The van der Waals surface area contributed by atoms with Crippen LogP contribution in [0.25, 0.3) is 10.9 Å². The van der Waals surface area contributed by atoms with Gasteiger partial charge in [-0.15, -0.1) is 9.80 Å². The maximum absolute atomic E-state index is 4.37. The van der Waals surface area contributed by atoms with Crippen molar-refractivity contribution in [3.63, 3.8) is 0 Å². The summed E-state index contributed by atoms with van der Waals surface area (Å²) in [5.74, 6) is 0. The summed E-state index contributed by atoms with van der Waals surface area (Å²) in [5, 5.41) is 5.60. The third-order valence-electron chi connectivity index (χ3n) is 2.06. The number of benzene rings is 1. The van der Waals surface area contributed by atoms with Crippen LogP contribution >= 0.6 is 31.0 Å². The highest BCUT2D eigenvalue weighted by Gasteiger charge is 2.01. The number of hydrogen-bond donors (Lipinski definition) is 1. The van der Waals surface area contributed by atoms with Crippen LogP contribution in [0.2, 0.25) is 0 Å². The molecule has 0 bridgehead atoms. The van der Waals surface area contributed by atoms with Crippen molar-refractivity contribution in [3.8, 4) is 0 Å². The van der Waals surface area contributed by atoms with Crippen LogP contribution in [0.3, 0.4) is 0 Å². The van der Waals surface area contributed by atoms with E-state index in [0.717, 1.165) is 5.52 Å². The minimum Gasteiger partial charge on any atom is -0.275 e. The second-order valence-corrected chi connectivity index (χ2v) is 3.32. The molecule has 4 heteroatoms. The highest BCUT2D eigenvalue weighted by atomic mass is 127. The Morgan fingerprint density at radius 3 is 2.57 bits per heavy atom. The van der Waals surface area contributed by atoms with Gasteiger partial charge in [0.15, 0.2) is 0 Å². The Morgan fingerprint density at radius 2 is 1.93 bits per heavy atom. The summed E-state index contributed by atoms with van der Waals surface area (Å²) >= 11 is 1.84. The molecule has 0 aliphatic rings. The summed E-state index contributed by atoms with van der Waals surface area (Å²) in [6.07, 6.45) is 2.05. The number of rotatable bonds is 0. The minimum absolute atomic E-state index is 1.11. The van der Waals surface area contributed by atoms with Gasteiger partial charge in [-0.3, -0.25) is 4.68 Å². The number of hydrogen-bond acceptors (Lipinski definition) is 2. The van der Waals surface area contributed by atoms with E-state index in [4.69, 9.17) is 0 Å². The van der Waals surface area contributed by atoms with E-state index in [9.17, 15) is 0 Å². The highest BCUT2D eigenvalue weighted by molar-refractivity contribution is 14.2. The van der Waals surface area contributed by atoms with Crippen molar-refractivity contribution in [2.24, 2.45) is 7.05 Å². The lowest BCUT2D eigenvalue weighted by molar-refractivity contribution is 0.779. The molecule has 14 heavy (non-hydrogen) atoms. The maximum atomic E-state index is 4.37. The molecular formula is C10H13IN2S. The van der Waals surface area contributed by atoms with Gasteiger partial charge in [0.1, 0.15) is 0 Å². The molecule has 76 valence electrons. The number of thiol groups is 1. The predicted molar refractivity (Wildman–Crippen MR) is 73.2 cm³/mol. The molecule has 0 amide bonds. The summed E-state index contributed by atoms with van der Waals surface area (Å²) in [6, 6.07) is 4.32. The van der Waals surface area contributed by atoms with Crippen molar-refractivity contribution >= 4 is 41.9 Å². The Bertz CT molecular complexity index is 437. The van der Waals surface area contributed by atoms with Crippen LogP contribution in [0.1, 0.15) is 11.1 Å². The number of nitrogens with zero attached hydrogens (tertiary/aromatic N) is 2. The first kappa shape index (κ1) is 11.8. The molecule has 1 aromatic heterocycles. The Balaban J connectivity index is 0.000000461. The molecule has 0 saturated heterocycles. The molecule has 1 heterocycles. The first-order valence-corrected chi connectivity index (χ1v) is 7.47. The Labute approximate surface area is 102 Å². The van der Waals surface area contributed by atoms with Crippen LogP contribution < -0.4 is 0 Å². The van der Waals surface area contributed by atoms with E-state index in [-0.39, 0.29) is 0 Å². The first-order valence-electron chi connectivity index (χ1n) is 4.24. The topological polar surface area (TPSA) is 17.8 Å². The molecule has 2 rings (SSSR count). The van der Waals surface area contributed by atoms with Crippen LogP contribution in [0, 0.1) is 13.8 Å². The van der Waals surface area contributed by atoms with Gasteiger partial charge in [-0.25, -0.2) is 0 Å². The maximum Gasteiger partial charge on any atom is 0.0952 e. The summed E-state index contributed by atoms with van der Waals surface area (Å²) < 4.78 is 1.86. The van der Waals surface area contributed by atoms with Crippen molar-refractivity contribution in [2.45, 2.75) is 13.8 Å². The van der Waals surface area contributed by atoms with Gasteiger partial charge in [-0.2, -0.15) is 5.10 Å². The Kier molecular flexibility index (Phi) is 4.25. The quantitative estimate of drug-likeness (QED) is 0.581. The molecule has 0 saturated carbocycles. The van der Waals surface area contributed by atoms with Gasteiger partial charge in [0.25, 0.3) is 0 Å². The van der Waals surface area contributed by atoms with E-state index in [1.54, 1.807) is 0 Å². The fourth-order valence-corrected chi connectivity index (χ4v) is 1.62. The molecule has 0 unspecified atom stereocenters. The number of fused-ring (bicyclic) bond motifs is 1. The van der Waals surface area contributed by atoms with Crippen molar-refractivity contribution < 1.29 is 0 Å². The lowest BCUT2D eigenvalue weighted by Gasteiger charge is -1.95. The Hall–Kier alpha value is -0.230. The summed E-state index contributed by atoms with van der Waals surface area (Å²) in [6.45, 7) is 4.21. The zero-order chi connectivity index (χ0) is 10.7. The standard InChI is InChI=1S/C10H12N2.HIS/c1-7-4-8(2)10-9(5-7)6-12(3)11-10;1-2/h4-6H,1-3H3;2H. The molecule has 0 atom stereocenters. The molecule has 0 aliphatic heterocycles. The molecule has 0 spiro atoms. The summed E-state index contributed by atoms with van der Waals surface area (Å²) in [4.78, 5) is 0. The molecule has 0 radical (unpaired) electrons. The number of aromatic nitrogens is 2. The zero-order valence-corrected chi connectivity index (χ0v) is 11.5. The largest absolute Gasteiger partial charge is 0.275 e. The minimum atomic E-state index is 1.11. The molecular weight excluding hydrogens is 307 g/mol. The van der Waals surface area contributed by atoms with Gasteiger partial charge >= 0.3 is 0 Å². The van der Waals surface area contributed by atoms with E-state index < -0.39 is 0 Å². The highest BCUT2D eigenvalue weighted by Crippen LogP contribution is 2.17. The first-order chi connectivity index (χ1) is 6.66. The average molecular weight is 320 g/mol. The lowest BCUT2D eigenvalue weighted by Crippen LogP contribution is -1.86. The molecule has 0 aliphatic carbocycles. The van der Waals surface area contributed by atoms with Gasteiger partial charge in [-0.1, -0.05) is 11.6 Å². The van der Waals surface area contributed by atoms with Crippen LogP contribution in [0.5, 0.6) is 0 Å². The fraction of sp³-hybridized carbons (Fsp3) is 0.300. The van der Waals surface area contributed by atoms with Crippen LogP contribution in [-0.2, 0) is 7.05 Å². The second-order valence-electron chi connectivity index (χ2n) is 3.32.